The summed E-state index contributed by atoms with van der Waals surface area (Å²) < 4.78 is 0. The summed E-state index contributed by atoms with van der Waals surface area (Å²) in [6, 6.07) is 1.67. The lowest BCUT2D eigenvalue weighted by atomic mass is 9.88. The fourth-order valence-electron chi connectivity index (χ4n) is 3.07. The Labute approximate surface area is 180 Å². The molecule has 29 heavy (non-hydrogen) atoms. The molecular formula is C22H34NO4PS. The van der Waals surface area contributed by atoms with Crippen molar-refractivity contribution in [2.24, 2.45) is 11.3 Å². The number of amides is 1. The van der Waals surface area contributed by atoms with E-state index in [0.717, 1.165) is 52.0 Å². The molecule has 0 unspecified atom stereocenters. The molecule has 0 aromatic carbocycles. The minimum Gasteiger partial charge on any atom is -0.477 e. The van der Waals surface area contributed by atoms with Crippen LogP contribution in [0, 0.1) is 23.2 Å². The van der Waals surface area contributed by atoms with Gasteiger partial charge in [0.25, 0.3) is 0 Å². The van der Waals surface area contributed by atoms with E-state index in [0.29, 0.717) is 10.6 Å². The van der Waals surface area contributed by atoms with Gasteiger partial charge in [-0.25, -0.2) is 4.79 Å². The van der Waals surface area contributed by atoms with Crippen molar-refractivity contribution in [3.05, 3.63) is 15.8 Å². The van der Waals surface area contributed by atoms with E-state index in [1.54, 1.807) is 6.07 Å². The molecule has 7 heteroatoms. The fraction of sp³-hybridized carbons (Fsp3) is 0.636. The Bertz CT molecular complexity index is 736. The summed E-state index contributed by atoms with van der Waals surface area (Å²) in [5.74, 6) is 4.86. The second-order valence-electron chi connectivity index (χ2n) is 8.18. The van der Waals surface area contributed by atoms with Crippen LogP contribution in [0.2, 0.25) is 0 Å². The summed E-state index contributed by atoms with van der Waals surface area (Å²) in [6.45, 7) is 10.1. The summed E-state index contributed by atoms with van der Waals surface area (Å²) in [6.07, 6.45) is 4.81. The second kappa shape index (κ2) is 12.3. The number of hydrogen-bond acceptors (Lipinski definition) is 4. The van der Waals surface area contributed by atoms with Gasteiger partial charge in [-0.3, -0.25) is 4.79 Å². The maximum Gasteiger partial charge on any atom is 0.348 e. The molecule has 1 heterocycles. The molecule has 162 valence electrons. The Morgan fingerprint density at radius 1 is 1.24 bits per heavy atom. The maximum atomic E-state index is 13.0. The number of aliphatic hydroxyl groups is 1. The van der Waals surface area contributed by atoms with Crippen molar-refractivity contribution < 1.29 is 19.8 Å². The molecule has 2 N–H and O–H groups in total. The highest BCUT2D eigenvalue weighted by Crippen LogP contribution is 2.33. The number of carboxylic acids is 1. The quantitative estimate of drug-likeness (QED) is 0.516. The highest BCUT2D eigenvalue weighted by atomic mass is 32.1. The lowest BCUT2D eigenvalue weighted by molar-refractivity contribution is -0.123. The Hall–Kier alpha value is -1.41. The zero-order valence-electron chi connectivity index (χ0n) is 18.2. The third-order valence-electron chi connectivity index (χ3n) is 4.30. The Balaban J connectivity index is 0.00000132. The van der Waals surface area contributed by atoms with Crippen LogP contribution in [0.4, 0.5) is 5.69 Å². The van der Waals surface area contributed by atoms with Gasteiger partial charge in [-0.1, -0.05) is 31.1 Å². The number of aromatic carboxylic acids is 1. The van der Waals surface area contributed by atoms with Crippen LogP contribution < -0.4 is 4.90 Å². The number of hydrogen-bond donors (Lipinski definition) is 2. The van der Waals surface area contributed by atoms with Gasteiger partial charge in [-0.05, 0) is 53.0 Å². The number of thiophene rings is 1. The van der Waals surface area contributed by atoms with E-state index in [1.165, 1.54) is 4.90 Å². The van der Waals surface area contributed by atoms with E-state index in [-0.39, 0.29) is 35.3 Å². The van der Waals surface area contributed by atoms with Crippen LogP contribution in [-0.4, -0.2) is 48.6 Å². The van der Waals surface area contributed by atoms with Gasteiger partial charge in [0, 0.05) is 17.9 Å². The number of anilines is 1. The predicted octanol–water partition coefficient (Wildman–Crippen LogP) is 4.67. The molecule has 1 aromatic heterocycles. The highest BCUT2D eigenvalue weighted by Gasteiger charge is 2.30. The molecule has 1 saturated carbocycles. The van der Waals surface area contributed by atoms with Gasteiger partial charge < -0.3 is 15.1 Å². The van der Waals surface area contributed by atoms with Crippen LogP contribution in [0.1, 0.15) is 67.4 Å². The Morgan fingerprint density at radius 3 is 2.31 bits per heavy atom. The first-order valence-corrected chi connectivity index (χ1v) is 12.9. The number of rotatable bonds is 5. The lowest BCUT2D eigenvalue weighted by Crippen LogP contribution is -2.39. The van der Waals surface area contributed by atoms with Crippen LogP contribution in [0.5, 0.6) is 0 Å². The van der Waals surface area contributed by atoms with Crippen molar-refractivity contribution >= 4 is 37.5 Å². The lowest BCUT2D eigenvalue weighted by Gasteiger charge is -2.28. The first-order valence-electron chi connectivity index (χ1n) is 10.1. The molecule has 5 nitrogen and oxygen atoms in total. The summed E-state index contributed by atoms with van der Waals surface area (Å²) in [5, 5.41) is 19.0. The van der Waals surface area contributed by atoms with Gasteiger partial charge >= 0.3 is 5.97 Å². The van der Waals surface area contributed by atoms with E-state index in [2.05, 4.69) is 25.2 Å². The van der Waals surface area contributed by atoms with Crippen LogP contribution in [0.3, 0.4) is 0 Å². The van der Waals surface area contributed by atoms with Gasteiger partial charge in [0.2, 0.25) is 5.91 Å². The summed E-state index contributed by atoms with van der Waals surface area (Å²) in [5.41, 5.74) is 0.154. The Morgan fingerprint density at radius 2 is 1.83 bits per heavy atom. The maximum absolute atomic E-state index is 13.0. The predicted molar refractivity (Wildman–Crippen MR) is 124 cm³/mol. The molecule has 2 rings (SSSR count). The van der Waals surface area contributed by atoms with Crippen molar-refractivity contribution in [3.63, 3.8) is 0 Å². The number of nitrogens with zero attached hydrogens (tertiary/aromatic N) is 1. The minimum absolute atomic E-state index is 0.0885. The first-order chi connectivity index (χ1) is 13.6. The number of aliphatic hydroxyl groups excluding tert-OH is 1. The third-order valence-corrected chi connectivity index (χ3v) is 5.33. The first kappa shape index (κ1) is 25.6. The molecule has 0 aliphatic heterocycles. The van der Waals surface area contributed by atoms with E-state index in [1.807, 2.05) is 20.8 Å². The highest BCUT2D eigenvalue weighted by molar-refractivity contribution is 7.35. The second-order valence-corrected chi connectivity index (χ2v) is 10.2. The zero-order valence-corrected chi connectivity index (χ0v) is 20.0. The number of carbonyl (C=O) groups is 2. The molecule has 1 aromatic rings. The summed E-state index contributed by atoms with van der Waals surface area (Å²) in [7, 11) is 1.08. The van der Waals surface area contributed by atoms with E-state index in [9.17, 15) is 19.8 Å². The molecular weight excluding hydrogens is 405 g/mol. The minimum atomic E-state index is -1.08. The topological polar surface area (TPSA) is 77.8 Å². The van der Waals surface area contributed by atoms with Crippen molar-refractivity contribution in [2.45, 2.75) is 52.9 Å². The summed E-state index contributed by atoms with van der Waals surface area (Å²) in [4.78, 5) is 26.8. The zero-order chi connectivity index (χ0) is 22.0. The van der Waals surface area contributed by atoms with Gasteiger partial charge in [0.1, 0.15) is 4.88 Å². The SMILES string of the molecule is CC(C)(C)C#Cc1cc(N(CCO)C(=O)C2CCCCC2)c(C(=O)O)s1.CPC. The van der Waals surface area contributed by atoms with Crippen molar-refractivity contribution in [1.29, 1.82) is 0 Å². The average molecular weight is 440 g/mol. The molecule has 0 radical (unpaired) electrons. The molecule has 1 aliphatic carbocycles. The number of carboxylic acid groups (broad SMARTS) is 1. The molecule has 0 spiro atoms. The monoisotopic (exact) mass is 439 g/mol. The van der Waals surface area contributed by atoms with Crippen LogP contribution >= 0.6 is 19.9 Å². The molecule has 0 saturated heterocycles. The van der Waals surface area contributed by atoms with Crippen LogP contribution in [-0.2, 0) is 4.79 Å². The van der Waals surface area contributed by atoms with Gasteiger partial charge in [-0.2, -0.15) is 0 Å². The standard InChI is InChI=1S/C20H27NO4S.C2H7P/c1-20(2,3)10-9-15-13-16(17(26-15)19(24)25)21(11-12-22)18(23)14-7-5-4-6-8-14;1-3-2/h13-14,22H,4-8,11-12H2,1-3H3,(H,24,25);3H,1-2H3. The van der Waals surface area contributed by atoms with Crippen molar-refractivity contribution in [2.75, 3.05) is 31.4 Å². The number of carbonyl (C=O) groups excluding carboxylic acids is 1. The van der Waals surface area contributed by atoms with Crippen LogP contribution in [0.25, 0.3) is 0 Å². The van der Waals surface area contributed by atoms with E-state index >= 15 is 0 Å². The van der Waals surface area contributed by atoms with E-state index < -0.39 is 5.97 Å². The fourth-order valence-corrected chi connectivity index (χ4v) is 3.92. The molecule has 1 aliphatic rings. The largest absolute Gasteiger partial charge is 0.477 e. The third kappa shape index (κ3) is 8.46. The molecule has 1 fully saturated rings. The molecule has 1 amide bonds. The smallest absolute Gasteiger partial charge is 0.348 e. The van der Waals surface area contributed by atoms with Gasteiger partial charge in [0.15, 0.2) is 0 Å². The summed E-state index contributed by atoms with van der Waals surface area (Å²) >= 11 is 1.08. The van der Waals surface area contributed by atoms with Crippen LogP contribution in [0.15, 0.2) is 6.07 Å². The van der Waals surface area contributed by atoms with Crippen molar-refractivity contribution in [1.82, 2.24) is 0 Å². The van der Waals surface area contributed by atoms with E-state index in [4.69, 9.17) is 0 Å². The normalized spacial score (nSPS) is 14.3. The van der Waals surface area contributed by atoms with Crippen molar-refractivity contribution in [3.8, 4) is 11.8 Å². The molecule has 0 atom stereocenters. The van der Waals surface area contributed by atoms with Gasteiger partial charge in [-0.15, -0.1) is 19.9 Å². The van der Waals surface area contributed by atoms with Gasteiger partial charge in [0.05, 0.1) is 17.2 Å². The average Bonchev–Trinajstić information content (AvgIpc) is 3.09. The Kier molecular flexibility index (Phi) is 10.9. The molecule has 0 bridgehead atoms.